The highest BCUT2D eigenvalue weighted by molar-refractivity contribution is 9.10. The van der Waals surface area contributed by atoms with Gasteiger partial charge in [0, 0.05) is 19.2 Å². The van der Waals surface area contributed by atoms with Crippen LogP contribution in [0.15, 0.2) is 16.9 Å². The van der Waals surface area contributed by atoms with Crippen molar-refractivity contribution in [2.24, 2.45) is 0 Å². The van der Waals surface area contributed by atoms with Gasteiger partial charge in [0.25, 0.3) is 0 Å². The average Bonchev–Trinajstić information content (AvgIpc) is 3.15. The molecule has 0 atom stereocenters. The van der Waals surface area contributed by atoms with Gasteiger partial charge in [0.15, 0.2) is 0 Å². The zero-order chi connectivity index (χ0) is 18.6. The van der Waals surface area contributed by atoms with Crippen LogP contribution in [0, 0.1) is 6.92 Å². The number of amides is 1. The molecule has 0 saturated carbocycles. The Balaban J connectivity index is 2.17. The minimum Gasteiger partial charge on any atom is -0.465 e. The Bertz CT molecular complexity index is 814. The van der Waals surface area contributed by atoms with Crippen molar-refractivity contribution in [3.05, 3.63) is 32.9 Å². The molecule has 10 heteroatoms. The summed E-state index contributed by atoms with van der Waals surface area (Å²) in [6.45, 7) is 1.98. The summed E-state index contributed by atoms with van der Waals surface area (Å²) in [5, 5.41) is 6.99. The van der Waals surface area contributed by atoms with E-state index in [0.717, 1.165) is 15.8 Å². The van der Waals surface area contributed by atoms with E-state index in [4.69, 9.17) is 9.47 Å². The number of halogens is 1. The predicted octanol–water partition coefficient (Wildman–Crippen LogP) is 2.62. The van der Waals surface area contributed by atoms with Crippen molar-refractivity contribution in [1.82, 2.24) is 9.78 Å². The van der Waals surface area contributed by atoms with Crippen LogP contribution in [0.3, 0.4) is 0 Å². The molecule has 0 unspecified atom stereocenters. The summed E-state index contributed by atoms with van der Waals surface area (Å²) in [5.74, 6) is -1.51. The number of methoxy groups -OCH3 is 2. The highest BCUT2D eigenvalue weighted by atomic mass is 79.9. The number of hydrogen-bond acceptors (Lipinski definition) is 7. The minimum atomic E-state index is -0.629. The van der Waals surface area contributed by atoms with Gasteiger partial charge in [-0.05, 0) is 28.4 Å². The number of ether oxygens (including phenoxy) is 2. The molecule has 2 aromatic rings. The number of hydrogen-bond donors (Lipinski definition) is 1. The maximum Gasteiger partial charge on any atom is 0.348 e. The molecule has 25 heavy (non-hydrogen) atoms. The topological polar surface area (TPSA) is 99.5 Å². The van der Waals surface area contributed by atoms with Crippen molar-refractivity contribution in [2.45, 2.75) is 19.9 Å². The normalized spacial score (nSPS) is 10.4. The molecule has 1 N–H and O–H groups in total. The quantitative estimate of drug-likeness (QED) is 0.708. The molecule has 0 aliphatic carbocycles. The van der Waals surface area contributed by atoms with Crippen LogP contribution in [-0.2, 0) is 20.8 Å². The van der Waals surface area contributed by atoms with Crippen molar-refractivity contribution < 1.29 is 23.9 Å². The first-order valence-electron chi connectivity index (χ1n) is 7.15. The fraction of sp³-hybridized carbons (Fsp3) is 0.333. The third-order valence-corrected chi connectivity index (χ3v) is 4.93. The lowest BCUT2D eigenvalue weighted by Crippen LogP contribution is -2.16. The van der Waals surface area contributed by atoms with E-state index in [1.165, 1.54) is 14.2 Å². The second-order valence-corrected chi connectivity index (χ2v) is 6.90. The number of thiophene rings is 1. The number of aryl methyl sites for hydroxylation is 1. The monoisotopic (exact) mass is 429 g/mol. The van der Waals surface area contributed by atoms with Crippen LogP contribution in [0.2, 0.25) is 0 Å². The molecule has 0 aromatic carbocycles. The number of esters is 2. The zero-order valence-electron chi connectivity index (χ0n) is 13.8. The van der Waals surface area contributed by atoms with E-state index >= 15 is 0 Å². The van der Waals surface area contributed by atoms with Crippen LogP contribution in [-0.4, -0.2) is 41.8 Å². The van der Waals surface area contributed by atoms with Gasteiger partial charge in [-0.3, -0.25) is 9.48 Å². The number of carbonyl (C=O) groups is 3. The molecule has 0 radical (unpaired) electrons. The van der Waals surface area contributed by atoms with Crippen molar-refractivity contribution in [1.29, 1.82) is 0 Å². The van der Waals surface area contributed by atoms with E-state index in [-0.39, 0.29) is 27.8 Å². The largest absolute Gasteiger partial charge is 0.465 e. The summed E-state index contributed by atoms with van der Waals surface area (Å²) in [6, 6.07) is 0. The van der Waals surface area contributed by atoms with E-state index in [0.29, 0.717) is 12.1 Å². The van der Waals surface area contributed by atoms with Crippen LogP contribution >= 0.6 is 27.3 Å². The Morgan fingerprint density at radius 2 is 1.96 bits per heavy atom. The number of aromatic nitrogens is 2. The second-order valence-electron chi connectivity index (χ2n) is 4.96. The van der Waals surface area contributed by atoms with Crippen LogP contribution in [0.5, 0.6) is 0 Å². The van der Waals surface area contributed by atoms with E-state index in [1.807, 2.05) is 0 Å². The Morgan fingerprint density at radius 3 is 2.52 bits per heavy atom. The number of carbonyl (C=O) groups excluding carboxylic acids is 3. The molecule has 0 aliphatic rings. The third-order valence-electron chi connectivity index (χ3n) is 3.33. The van der Waals surface area contributed by atoms with Crippen molar-refractivity contribution in [3.63, 3.8) is 0 Å². The lowest BCUT2D eigenvalue weighted by atomic mass is 10.1. The summed E-state index contributed by atoms with van der Waals surface area (Å²) in [5.41, 5.74) is 0.568. The highest BCUT2D eigenvalue weighted by Gasteiger charge is 2.26. The second kappa shape index (κ2) is 8.26. The van der Waals surface area contributed by atoms with Crippen LogP contribution < -0.4 is 5.32 Å². The molecule has 2 heterocycles. The molecule has 0 aliphatic heterocycles. The molecule has 1 amide bonds. The first-order chi connectivity index (χ1) is 11.9. The van der Waals surface area contributed by atoms with E-state index in [1.54, 1.807) is 24.0 Å². The van der Waals surface area contributed by atoms with Crippen molar-refractivity contribution >= 4 is 50.1 Å². The van der Waals surface area contributed by atoms with Crippen molar-refractivity contribution in [3.8, 4) is 0 Å². The number of rotatable bonds is 6. The summed E-state index contributed by atoms with van der Waals surface area (Å²) in [6.07, 6.45) is 3.52. The van der Waals surface area contributed by atoms with Gasteiger partial charge in [0.05, 0.1) is 30.5 Å². The maximum absolute atomic E-state index is 12.2. The highest BCUT2D eigenvalue weighted by Crippen LogP contribution is 2.34. The average molecular weight is 430 g/mol. The lowest BCUT2D eigenvalue weighted by Gasteiger charge is -2.06. The molecule has 2 aromatic heterocycles. The van der Waals surface area contributed by atoms with Gasteiger partial charge in [-0.2, -0.15) is 5.10 Å². The predicted molar refractivity (Wildman–Crippen MR) is 94.9 cm³/mol. The first kappa shape index (κ1) is 19.1. The Labute approximate surface area is 156 Å². The Kier molecular flexibility index (Phi) is 6.32. The number of anilines is 1. The minimum absolute atomic E-state index is 0.152. The van der Waals surface area contributed by atoms with Crippen molar-refractivity contribution in [2.75, 3.05) is 19.5 Å². The van der Waals surface area contributed by atoms with Gasteiger partial charge in [0.2, 0.25) is 5.91 Å². The SMILES string of the molecule is COC(=O)c1sc(NC(=O)CCn2cc(Br)cn2)c(C(=O)OC)c1C. The summed E-state index contributed by atoms with van der Waals surface area (Å²) in [7, 11) is 2.48. The molecule has 0 spiro atoms. The molecule has 0 saturated heterocycles. The zero-order valence-corrected chi connectivity index (χ0v) is 16.2. The Hall–Kier alpha value is -2.20. The van der Waals surface area contributed by atoms with Crippen LogP contribution in [0.1, 0.15) is 32.0 Å². The molecule has 2 rings (SSSR count). The standard InChI is InChI=1S/C15H16BrN3O5S/c1-8-11(14(21)23-2)13(25-12(8)15(22)24-3)18-10(20)4-5-19-7-9(16)6-17-19/h6-7H,4-5H2,1-3H3,(H,18,20). The van der Waals surface area contributed by atoms with Gasteiger partial charge in [-0.15, -0.1) is 11.3 Å². The van der Waals surface area contributed by atoms with Gasteiger partial charge >= 0.3 is 11.9 Å². The molecule has 0 bridgehead atoms. The van der Waals surface area contributed by atoms with E-state index < -0.39 is 11.9 Å². The summed E-state index contributed by atoms with van der Waals surface area (Å²) >= 11 is 4.26. The fourth-order valence-electron chi connectivity index (χ4n) is 2.10. The molecular weight excluding hydrogens is 414 g/mol. The molecular formula is C15H16BrN3O5S. The number of nitrogens with zero attached hydrogens (tertiary/aromatic N) is 2. The van der Waals surface area contributed by atoms with E-state index in [2.05, 4.69) is 26.3 Å². The Morgan fingerprint density at radius 1 is 1.28 bits per heavy atom. The molecule has 0 fully saturated rings. The molecule has 8 nitrogen and oxygen atoms in total. The van der Waals surface area contributed by atoms with Gasteiger partial charge in [0.1, 0.15) is 9.88 Å². The lowest BCUT2D eigenvalue weighted by molar-refractivity contribution is -0.116. The molecule has 134 valence electrons. The maximum atomic E-state index is 12.2. The van der Waals surface area contributed by atoms with Gasteiger partial charge < -0.3 is 14.8 Å². The third kappa shape index (κ3) is 4.45. The number of nitrogens with one attached hydrogen (secondary N) is 1. The van der Waals surface area contributed by atoms with Crippen LogP contribution in [0.4, 0.5) is 5.00 Å². The van der Waals surface area contributed by atoms with Crippen LogP contribution in [0.25, 0.3) is 0 Å². The smallest absolute Gasteiger partial charge is 0.348 e. The van der Waals surface area contributed by atoms with Gasteiger partial charge in [-0.25, -0.2) is 9.59 Å². The summed E-state index contributed by atoms with van der Waals surface area (Å²) < 4.78 is 11.9. The van der Waals surface area contributed by atoms with Gasteiger partial charge in [-0.1, -0.05) is 0 Å². The first-order valence-corrected chi connectivity index (χ1v) is 8.76. The van der Waals surface area contributed by atoms with E-state index in [9.17, 15) is 14.4 Å². The fourth-order valence-corrected chi connectivity index (χ4v) is 3.56. The summed E-state index contributed by atoms with van der Waals surface area (Å²) in [4.78, 5) is 36.3.